The van der Waals surface area contributed by atoms with E-state index in [1.165, 1.54) is 11.1 Å². The van der Waals surface area contributed by atoms with E-state index in [2.05, 4.69) is 55.9 Å². The summed E-state index contributed by atoms with van der Waals surface area (Å²) in [5.74, 6) is 1.28. The molecule has 0 aliphatic rings. The van der Waals surface area contributed by atoms with Gasteiger partial charge in [0.05, 0.1) is 0 Å². The van der Waals surface area contributed by atoms with Gasteiger partial charge in [-0.1, -0.05) is 49.2 Å². The number of halogens is 1. The molecule has 0 atom stereocenters. The smallest absolute Gasteiger partial charge is 0.161 e. The molecule has 2 aromatic rings. The third kappa shape index (κ3) is 3.54. The van der Waals surface area contributed by atoms with E-state index in [0.29, 0.717) is 11.1 Å². The highest BCUT2D eigenvalue weighted by molar-refractivity contribution is 6.29. The highest BCUT2D eigenvalue weighted by Crippen LogP contribution is 2.23. The zero-order valence-electron chi connectivity index (χ0n) is 11.9. The van der Waals surface area contributed by atoms with Gasteiger partial charge in [0.1, 0.15) is 5.15 Å². The van der Waals surface area contributed by atoms with Crippen molar-refractivity contribution in [1.29, 1.82) is 0 Å². The molecule has 1 aromatic carbocycles. The number of hydrogen-bond donors (Lipinski definition) is 0. The largest absolute Gasteiger partial charge is 0.233 e. The summed E-state index contributed by atoms with van der Waals surface area (Å²) in [6, 6.07) is 8.14. The minimum absolute atomic E-state index is 0.514. The maximum atomic E-state index is 6.12. The number of nitrogens with zero attached hydrogens (tertiary/aromatic N) is 2. The Labute approximate surface area is 119 Å². The average Bonchev–Trinajstić information content (AvgIpc) is 2.26. The molecule has 3 heteroatoms. The van der Waals surface area contributed by atoms with E-state index in [1.807, 2.05) is 6.07 Å². The van der Waals surface area contributed by atoms with Gasteiger partial charge in [-0.15, -0.1) is 0 Å². The van der Waals surface area contributed by atoms with Crippen LogP contribution in [0.15, 0.2) is 24.3 Å². The molecular formula is C16H19ClN2. The molecule has 0 N–H and O–H groups in total. The van der Waals surface area contributed by atoms with Crippen LogP contribution in [0.25, 0.3) is 11.4 Å². The Kier molecular flexibility index (Phi) is 4.20. The zero-order chi connectivity index (χ0) is 14.0. The lowest BCUT2D eigenvalue weighted by Crippen LogP contribution is -2.01. The van der Waals surface area contributed by atoms with Crippen LogP contribution in [0, 0.1) is 19.8 Å². The third-order valence-corrected chi connectivity index (χ3v) is 3.18. The van der Waals surface area contributed by atoms with E-state index >= 15 is 0 Å². The number of benzene rings is 1. The minimum atomic E-state index is 0.514. The molecule has 0 spiro atoms. The van der Waals surface area contributed by atoms with E-state index < -0.39 is 0 Å². The highest BCUT2D eigenvalue weighted by Gasteiger charge is 2.09. The second kappa shape index (κ2) is 5.70. The normalized spacial score (nSPS) is 11.1. The molecule has 0 unspecified atom stereocenters. The molecule has 0 aliphatic heterocycles. The summed E-state index contributed by atoms with van der Waals surface area (Å²) in [6.45, 7) is 8.51. The first-order valence-corrected chi connectivity index (χ1v) is 6.94. The van der Waals surface area contributed by atoms with Gasteiger partial charge in [0.15, 0.2) is 5.82 Å². The molecular weight excluding hydrogens is 256 g/mol. The molecule has 0 bridgehead atoms. The maximum Gasteiger partial charge on any atom is 0.161 e. The molecule has 1 heterocycles. The SMILES string of the molecule is Cc1ccc(-c2nc(Cl)cc(CC(C)C)n2)c(C)c1. The predicted molar refractivity (Wildman–Crippen MR) is 80.5 cm³/mol. The van der Waals surface area contributed by atoms with Crippen LogP contribution in [-0.4, -0.2) is 9.97 Å². The van der Waals surface area contributed by atoms with Gasteiger partial charge in [-0.2, -0.15) is 0 Å². The minimum Gasteiger partial charge on any atom is -0.233 e. The van der Waals surface area contributed by atoms with Crippen LogP contribution in [0.3, 0.4) is 0 Å². The second-order valence-corrected chi connectivity index (χ2v) is 5.81. The molecule has 100 valence electrons. The van der Waals surface area contributed by atoms with E-state index in [9.17, 15) is 0 Å². The van der Waals surface area contributed by atoms with Crippen molar-refractivity contribution in [2.75, 3.05) is 0 Å². The molecule has 2 rings (SSSR count). The molecule has 2 nitrogen and oxygen atoms in total. The first kappa shape index (κ1) is 14.0. The van der Waals surface area contributed by atoms with Gasteiger partial charge in [0.25, 0.3) is 0 Å². The van der Waals surface area contributed by atoms with Crippen LogP contribution in [0.4, 0.5) is 0 Å². The monoisotopic (exact) mass is 274 g/mol. The molecule has 0 radical (unpaired) electrons. The summed E-state index contributed by atoms with van der Waals surface area (Å²) in [7, 11) is 0. The summed E-state index contributed by atoms with van der Waals surface area (Å²) >= 11 is 6.12. The van der Waals surface area contributed by atoms with Crippen molar-refractivity contribution in [2.24, 2.45) is 5.92 Å². The van der Waals surface area contributed by atoms with Gasteiger partial charge >= 0.3 is 0 Å². The van der Waals surface area contributed by atoms with Gasteiger partial charge in [0.2, 0.25) is 0 Å². The van der Waals surface area contributed by atoms with Gasteiger partial charge < -0.3 is 0 Å². The van der Waals surface area contributed by atoms with Crippen molar-refractivity contribution in [1.82, 2.24) is 9.97 Å². The van der Waals surface area contributed by atoms with Gasteiger partial charge in [-0.05, 0) is 37.8 Å². The molecule has 0 amide bonds. The average molecular weight is 275 g/mol. The summed E-state index contributed by atoms with van der Waals surface area (Å²) < 4.78 is 0. The highest BCUT2D eigenvalue weighted by atomic mass is 35.5. The summed E-state index contributed by atoms with van der Waals surface area (Å²) in [4.78, 5) is 9.00. The fourth-order valence-electron chi connectivity index (χ4n) is 2.17. The Bertz CT molecular complexity index is 591. The Morgan fingerprint density at radius 1 is 1.11 bits per heavy atom. The summed E-state index contributed by atoms with van der Waals surface area (Å²) in [6.07, 6.45) is 0.917. The maximum absolute atomic E-state index is 6.12. The third-order valence-electron chi connectivity index (χ3n) is 2.99. The molecule has 0 fully saturated rings. The van der Waals surface area contributed by atoms with Crippen molar-refractivity contribution >= 4 is 11.6 Å². The van der Waals surface area contributed by atoms with E-state index in [4.69, 9.17) is 11.6 Å². The number of aromatic nitrogens is 2. The first-order chi connectivity index (χ1) is 8.95. The standard InChI is InChI=1S/C16H19ClN2/c1-10(2)7-13-9-15(17)19-16(18-13)14-6-5-11(3)8-12(14)4/h5-6,8-10H,7H2,1-4H3. The molecule has 0 saturated carbocycles. The fraction of sp³-hybridized carbons (Fsp3) is 0.375. The fourth-order valence-corrected chi connectivity index (χ4v) is 2.38. The Morgan fingerprint density at radius 3 is 2.47 bits per heavy atom. The van der Waals surface area contributed by atoms with E-state index in [0.717, 1.165) is 23.5 Å². The number of aryl methyl sites for hydroxylation is 2. The second-order valence-electron chi connectivity index (χ2n) is 5.42. The van der Waals surface area contributed by atoms with Crippen molar-refractivity contribution in [2.45, 2.75) is 34.1 Å². The van der Waals surface area contributed by atoms with E-state index in [-0.39, 0.29) is 0 Å². The molecule has 0 saturated heterocycles. The Morgan fingerprint density at radius 2 is 1.84 bits per heavy atom. The lowest BCUT2D eigenvalue weighted by Gasteiger charge is -2.09. The van der Waals surface area contributed by atoms with Crippen molar-refractivity contribution in [3.63, 3.8) is 0 Å². The number of hydrogen-bond acceptors (Lipinski definition) is 2. The van der Waals surface area contributed by atoms with Gasteiger partial charge in [-0.25, -0.2) is 9.97 Å². The quantitative estimate of drug-likeness (QED) is 0.764. The number of rotatable bonds is 3. The van der Waals surface area contributed by atoms with Gasteiger partial charge in [0, 0.05) is 11.3 Å². The van der Waals surface area contributed by atoms with Crippen LogP contribution >= 0.6 is 11.6 Å². The topological polar surface area (TPSA) is 25.8 Å². The summed E-state index contributed by atoms with van der Waals surface area (Å²) in [5, 5.41) is 0.514. The van der Waals surface area contributed by atoms with Crippen LogP contribution < -0.4 is 0 Å². The molecule has 0 aliphatic carbocycles. The van der Waals surface area contributed by atoms with E-state index in [1.54, 1.807) is 0 Å². The summed E-state index contributed by atoms with van der Waals surface area (Å²) in [5.41, 5.74) is 4.48. The zero-order valence-corrected chi connectivity index (χ0v) is 12.6. The molecule has 1 aromatic heterocycles. The van der Waals surface area contributed by atoms with Crippen LogP contribution in [-0.2, 0) is 6.42 Å². The lowest BCUT2D eigenvalue weighted by molar-refractivity contribution is 0.634. The van der Waals surface area contributed by atoms with Crippen LogP contribution in [0.2, 0.25) is 5.15 Å². The van der Waals surface area contributed by atoms with Crippen molar-refractivity contribution in [3.05, 3.63) is 46.2 Å². The van der Waals surface area contributed by atoms with Crippen LogP contribution in [0.5, 0.6) is 0 Å². The predicted octanol–water partition coefficient (Wildman–Crippen LogP) is 4.61. The molecule has 19 heavy (non-hydrogen) atoms. The van der Waals surface area contributed by atoms with Crippen LogP contribution in [0.1, 0.15) is 30.7 Å². The van der Waals surface area contributed by atoms with Gasteiger partial charge in [-0.3, -0.25) is 0 Å². The lowest BCUT2D eigenvalue weighted by atomic mass is 10.0. The van der Waals surface area contributed by atoms with Crippen molar-refractivity contribution in [3.8, 4) is 11.4 Å². The Hall–Kier alpha value is -1.41. The van der Waals surface area contributed by atoms with Crippen molar-refractivity contribution < 1.29 is 0 Å². The Balaban J connectivity index is 2.46. The first-order valence-electron chi connectivity index (χ1n) is 6.57.